The van der Waals surface area contributed by atoms with E-state index in [0.29, 0.717) is 37.3 Å². The van der Waals surface area contributed by atoms with E-state index in [-0.39, 0.29) is 42.5 Å². The van der Waals surface area contributed by atoms with Crippen LogP contribution in [0.1, 0.15) is 76.2 Å². The number of nitrogens with one attached hydrogen (secondary N) is 1. The van der Waals surface area contributed by atoms with E-state index in [2.05, 4.69) is 28.3 Å². The van der Waals surface area contributed by atoms with E-state index in [4.69, 9.17) is 21.2 Å². The first-order chi connectivity index (χ1) is 26.2. The molecule has 0 bridgehead atoms. The van der Waals surface area contributed by atoms with Gasteiger partial charge in [0, 0.05) is 86.0 Å². The van der Waals surface area contributed by atoms with Gasteiger partial charge in [-0.15, -0.1) is 0 Å². The number of amides is 2. The van der Waals surface area contributed by atoms with Crippen LogP contribution in [0.4, 0.5) is 10.1 Å². The summed E-state index contributed by atoms with van der Waals surface area (Å²) in [5.41, 5.74) is 18.8. The lowest BCUT2D eigenvalue weighted by Crippen LogP contribution is -2.33. The zero-order valence-corrected chi connectivity index (χ0v) is 31.1. The Hall–Kier alpha value is -5.17. The molecule has 2 aliphatic rings. The van der Waals surface area contributed by atoms with Gasteiger partial charge in [0.2, 0.25) is 5.91 Å². The third-order valence-corrected chi connectivity index (χ3v) is 10.6. The Kier molecular flexibility index (Phi) is 11.3. The molecule has 4 heterocycles. The highest BCUT2D eigenvalue weighted by atomic mass is 19.1. The van der Waals surface area contributed by atoms with Gasteiger partial charge < -0.3 is 26.4 Å². The minimum Gasteiger partial charge on any atom is -0.381 e. The molecule has 0 unspecified atom stereocenters. The molecule has 5 aromatic rings. The van der Waals surface area contributed by atoms with E-state index >= 15 is 4.39 Å². The van der Waals surface area contributed by atoms with Crippen molar-refractivity contribution < 1.29 is 18.7 Å². The summed E-state index contributed by atoms with van der Waals surface area (Å²) in [6.07, 6.45) is 5.14. The van der Waals surface area contributed by atoms with Gasteiger partial charge in [0.15, 0.2) is 5.65 Å². The fourth-order valence-corrected chi connectivity index (χ4v) is 7.67. The molecule has 2 aliphatic heterocycles. The van der Waals surface area contributed by atoms with E-state index in [0.717, 1.165) is 83.6 Å². The van der Waals surface area contributed by atoms with Crippen LogP contribution in [-0.4, -0.2) is 74.8 Å². The van der Waals surface area contributed by atoms with Crippen molar-refractivity contribution in [2.45, 2.75) is 77.8 Å². The predicted molar refractivity (Wildman–Crippen MR) is 208 cm³/mol. The molecule has 2 fully saturated rings. The first-order valence-corrected chi connectivity index (χ1v) is 19.0. The van der Waals surface area contributed by atoms with Crippen LogP contribution in [0.15, 0.2) is 72.9 Å². The first kappa shape index (κ1) is 37.2. The molecule has 0 saturated carbocycles. The normalized spacial score (nSPS) is 16.6. The maximum atomic E-state index is 15.6. The maximum Gasteiger partial charge on any atom is 0.254 e. The average Bonchev–Trinajstić information content (AvgIpc) is 3.80. The molecule has 2 saturated heterocycles. The standard InChI is InChI=1S/C42H49FN8O3/c1-3-38-36(39(47-33-14-17-54-18-15-33)35-22-46-51(4-2)41(35)48-38)26-50(42(53)31-10-6-9-30(21-31)40(45)52)24-28-11-12-37(43)34(20-28)29-8-5-7-27(19-29)23-49-16-13-32(44)25-49/h5-12,19-22,32-33H,3-4,13-18,23-26,44H2,1-2H3,(H2,45,52)(H,47,48)/t32-/m0/s1. The van der Waals surface area contributed by atoms with E-state index < -0.39 is 5.91 Å². The summed E-state index contributed by atoms with van der Waals surface area (Å²) in [5, 5.41) is 9.35. The molecule has 54 heavy (non-hydrogen) atoms. The molecule has 0 aliphatic carbocycles. The summed E-state index contributed by atoms with van der Waals surface area (Å²) in [7, 11) is 0. The van der Waals surface area contributed by atoms with Crippen molar-refractivity contribution in [1.82, 2.24) is 24.6 Å². The van der Waals surface area contributed by atoms with Crippen molar-refractivity contribution in [2.75, 3.05) is 31.6 Å². The van der Waals surface area contributed by atoms with Crippen LogP contribution < -0.4 is 16.8 Å². The number of carbonyl (C=O) groups is 2. The van der Waals surface area contributed by atoms with Crippen LogP contribution in [0.5, 0.6) is 0 Å². The Labute approximate surface area is 315 Å². The zero-order valence-electron chi connectivity index (χ0n) is 31.1. The number of nitrogens with zero attached hydrogens (tertiary/aromatic N) is 5. The maximum absolute atomic E-state index is 15.6. The molecule has 1 atom stereocenters. The number of aromatic nitrogens is 3. The van der Waals surface area contributed by atoms with Gasteiger partial charge in [0.05, 0.1) is 23.8 Å². The summed E-state index contributed by atoms with van der Waals surface area (Å²) in [6, 6.07) is 19.8. The number of hydrogen-bond donors (Lipinski definition) is 3. The summed E-state index contributed by atoms with van der Waals surface area (Å²) < 4.78 is 23.2. The molecular weight excluding hydrogens is 684 g/mol. The lowest BCUT2D eigenvalue weighted by molar-refractivity contribution is 0.0729. The van der Waals surface area contributed by atoms with Crippen LogP contribution in [-0.2, 0) is 37.3 Å². The number of pyridine rings is 1. The van der Waals surface area contributed by atoms with E-state index in [1.807, 2.05) is 42.1 Å². The van der Waals surface area contributed by atoms with Crippen LogP contribution in [0.2, 0.25) is 0 Å². The van der Waals surface area contributed by atoms with Crippen LogP contribution >= 0.6 is 0 Å². The fourth-order valence-electron chi connectivity index (χ4n) is 7.67. The van der Waals surface area contributed by atoms with Crippen LogP contribution in [0, 0.1) is 5.82 Å². The Morgan fingerprint density at radius 3 is 2.52 bits per heavy atom. The second kappa shape index (κ2) is 16.5. The number of benzene rings is 3. The smallest absolute Gasteiger partial charge is 0.254 e. The van der Waals surface area contributed by atoms with Crippen molar-refractivity contribution in [3.8, 4) is 11.1 Å². The molecule has 11 nitrogen and oxygen atoms in total. The SMILES string of the molecule is CCc1nc2c(cnn2CC)c(NC2CCOCC2)c1CN(Cc1ccc(F)c(-c2cccc(CN3CC[C@H](N)C3)c2)c1)C(=O)c1cccc(C(N)=O)c1. The van der Waals surface area contributed by atoms with Gasteiger partial charge >= 0.3 is 0 Å². The van der Waals surface area contributed by atoms with Gasteiger partial charge in [-0.1, -0.05) is 37.3 Å². The number of aryl methyl sites for hydroxylation is 2. The Morgan fingerprint density at radius 2 is 1.78 bits per heavy atom. The molecule has 7 rings (SSSR count). The minimum atomic E-state index is -0.618. The highest BCUT2D eigenvalue weighted by molar-refractivity contribution is 5.99. The summed E-state index contributed by atoms with van der Waals surface area (Å²) in [6.45, 7) is 9.00. The number of ether oxygens (including phenoxy) is 1. The fraction of sp³-hybridized carbons (Fsp3) is 0.381. The Balaban J connectivity index is 1.28. The van der Waals surface area contributed by atoms with Gasteiger partial charge in [-0.3, -0.25) is 14.5 Å². The molecular formula is C42H49FN8O3. The monoisotopic (exact) mass is 732 g/mol. The number of likely N-dealkylation sites (tertiary alicyclic amines) is 1. The molecule has 2 amide bonds. The molecule has 282 valence electrons. The number of rotatable bonds is 13. The number of fused-ring (bicyclic) bond motifs is 1. The van der Waals surface area contributed by atoms with Crippen molar-refractivity contribution in [3.63, 3.8) is 0 Å². The minimum absolute atomic E-state index is 0.171. The van der Waals surface area contributed by atoms with Gasteiger partial charge in [-0.2, -0.15) is 5.10 Å². The third kappa shape index (κ3) is 8.15. The van der Waals surface area contributed by atoms with Gasteiger partial charge in [-0.25, -0.2) is 14.1 Å². The van der Waals surface area contributed by atoms with Crippen molar-refractivity contribution >= 4 is 28.5 Å². The Morgan fingerprint density at radius 1 is 0.981 bits per heavy atom. The molecule has 2 aromatic heterocycles. The van der Waals surface area contributed by atoms with Crippen molar-refractivity contribution in [3.05, 3.63) is 112 Å². The molecule has 3 aromatic carbocycles. The van der Waals surface area contributed by atoms with E-state index in [9.17, 15) is 9.59 Å². The molecule has 0 spiro atoms. The quantitative estimate of drug-likeness (QED) is 0.136. The summed E-state index contributed by atoms with van der Waals surface area (Å²) in [5.74, 6) is -1.25. The Bertz CT molecular complexity index is 2150. The number of hydrogen-bond acceptors (Lipinski definition) is 8. The second-order valence-electron chi connectivity index (χ2n) is 14.4. The zero-order chi connectivity index (χ0) is 37.8. The lowest BCUT2D eigenvalue weighted by atomic mass is 9.99. The number of carbonyl (C=O) groups excluding carboxylic acids is 2. The topological polar surface area (TPSA) is 145 Å². The highest BCUT2D eigenvalue weighted by Gasteiger charge is 2.26. The van der Waals surface area contributed by atoms with Gasteiger partial charge in [0.25, 0.3) is 5.91 Å². The number of anilines is 1. The van der Waals surface area contributed by atoms with Crippen molar-refractivity contribution in [1.29, 1.82) is 0 Å². The molecule has 12 heteroatoms. The predicted octanol–water partition coefficient (Wildman–Crippen LogP) is 5.89. The van der Waals surface area contributed by atoms with E-state index in [1.54, 1.807) is 29.2 Å². The van der Waals surface area contributed by atoms with Gasteiger partial charge in [0.1, 0.15) is 5.82 Å². The van der Waals surface area contributed by atoms with E-state index in [1.165, 1.54) is 12.1 Å². The number of primary amides is 1. The second-order valence-corrected chi connectivity index (χ2v) is 14.4. The summed E-state index contributed by atoms with van der Waals surface area (Å²) in [4.78, 5) is 35.9. The lowest BCUT2D eigenvalue weighted by Gasteiger charge is -2.29. The molecule has 0 radical (unpaired) electrons. The largest absolute Gasteiger partial charge is 0.381 e. The number of nitrogens with two attached hydrogens (primary N) is 2. The first-order valence-electron chi connectivity index (χ1n) is 19.0. The molecule has 5 N–H and O–H groups in total. The highest BCUT2D eigenvalue weighted by Crippen LogP contribution is 2.34. The number of halogens is 1. The van der Waals surface area contributed by atoms with Crippen LogP contribution in [0.25, 0.3) is 22.2 Å². The average molecular weight is 733 g/mol. The van der Waals surface area contributed by atoms with Crippen LogP contribution in [0.3, 0.4) is 0 Å². The summed E-state index contributed by atoms with van der Waals surface area (Å²) >= 11 is 0. The van der Waals surface area contributed by atoms with Crippen molar-refractivity contribution in [2.24, 2.45) is 11.5 Å². The van der Waals surface area contributed by atoms with Gasteiger partial charge in [-0.05, 0) is 85.7 Å². The third-order valence-electron chi connectivity index (χ3n) is 10.6.